The summed E-state index contributed by atoms with van der Waals surface area (Å²) in [5.41, 5.74) is 6.27. The van der Waals surface area contributed by atoms with Gasteiger partial charge in [-0.05, 0) is 38.1 Å². The fourth-order valence-electron chi connectivity index (χ4n) is 1.83. The smallest absolute Gasteiger partial charge is 0.119 e. The van der Waals surface area contributed by atoms with E-state index in [4.69, 9.17) is 15.7 Å². The lowest BCUT2D eigenvalue weighted by atomic mass is 10.2. The third-order valence-corrected chi connectivity index (χ3v) is 3.01. The van der Waals surface area contributed by atoms with Gasteiger partial charge < -0.3 is 15.6 Å². The van der Waals surface area contributed by atoms with Crippen molar-refractivity contribution in [2.24, 2.45) is 0 Å². The molecule has 0 radical (unpaired) electrons. The zero-order valence-corrected chi connectivity index (χ0v) is 12.1. The predicted molar refractivity (Wildman–Crippen MR) is 79.3 cm³/mol. The first kappa shape index (κ1) is 16.3. The molecular formula is C15H23N3O2. The van der Waals surface area contributed by atoms with E-state index in [0.29, 0.717) is 30.9 Å². The first-order valence-corrected chi connectivity index (χ1v) is 6.80. The number of hydrogen-bond acceptors (Lipinski definition) is 5. The van der Waals surface area contributed by atoms with Crippen LogP contribution in [0.1, 0.15) is 20.3 Å². The Bertz CT molecular complexity index is 426. The molecule has 110 valence electrons. The molecule has 20 heavy (non-hydrogen) atoms. The highest BCUT2D eigenvalue weighted by Crippen LogP contribution is 2.13. The van der Waals surface area contributed by atoms with Crippen LogP contribution >= 0.6 is 0 Å². The molecule has 1 aromatic carbocycles. The molecule has 5 heteroatoms. The fourth-order valence-corrected chi connectivity index (χ4v) is 1.83. The number of benzene rings is 1. The highest BCUT2D eigenvalue weighted by Gasteiger charge is 2.15. The van der Waals surface area contributed by atoms with E-state index >= 15 is 0 Å². The van der Waals surface area contributed by atoms with Gasteiger partial charge in [0, 0.05) is 31.2 Å². The molecule has 1 aromatic rings. The summed E-state index contributed by atoms with van der Waals surface area (Å²) in [6.07, 6.45) is -0.127. The number of ether oxygens (including phenoxy) is 1. The Hall–Kier alpha value is -1.77. The Morgan fingerprint density at radius 1 is 1.35 bits per heavy atom. The number of rotatable bonds is 8. The molecule has 0 saturated heterocycles. The van der Waals surface area contributed by atoms with E-state index in [1.165, 1.54) is 0 Å². The second-order valence-corrected chi connectivity index (χ2v) is 5.03. The molecule has 1 atom stereocenters. The average Bonchev–Trinajstić information content (AvgIpc) is 2.42. The van der Waals surface area contributed by atoms with Crippen LogP contribution in [0.3, 0.4) is 0 Å². The van der Waals surface area contributed by atoms with Crippen molar-refractivity contribution in [3.05, 3.63) is 24.3 Å². The van der Waals surface area contributed by atoms with Crippen LogP contribution in [-0.4, -0.2) is 41.8 Å². The number of nitrogens with zero attached hydrogens (tertiary/aromatic N) is 2. The monoisotopic (exact) mass is 277 g/mol. The molecule has 0 aliphatic carbocycles. The minimum atomic E-state index is -0.589. The van der Waals surface area contributed by atoms with Gasteiger partial charge >= 0.3 is 0 Å². The molecule has 5 nitrogen and oxygen atoms in total. The SMILES string of the molecule is CC(C)N(CCC#N)CC(O)COc1ccc(N)cc1. The number of aliphatic hydroxyl groups excluding tert-OH is 1. The quantitative estimate of drug-likeness (QED) is 0.706. The summed E-state index contributed by atoms with van der Waals surface area (Å²) >= 11 is 0. The van der Waals surface area contributed by atoms with Crippen LogP contribution in [0.5, 0.6) is 5.75 Å². The molecule has 0 fully saturated rings. The minimum absolute atomic E-state index is 0.222. The first-order valence-electron chi connectivity index (χ1n) is 6.80. The molecule has 3 N–H and O–H groups in total. The normalized spacial score (nSPS) is 12.4. The van der Waals surface area contributed by atoms with E-state index < -0.39 is 6.10 Å². The van der Waals surface area contributed by atoms with Gasteiger partial charge in [0.15, 0.2) is 0 Å². The molecule has 0 spiro atoms. The van der Waals surface area contributed by atoms with Crippen molar-refractivity contribution in [3.63, 3.8) is 0 Å². The van der Waals surface area contributed by atoms with Crippen LogP contribution in [0.2, 0.25) is 0 Å². The molecule has 0 amide bonds. The summed E-state index contributed by atoms with van der Waals surface area (Å²) in [6, 6.07) is 9.48. The summed E-state index contributed by atoms with van der Waals surface area (Å²) < 4.78 is 5.51. The average molecular weight is 277 g/mol. The van der Waals surface area contributed by atoms with Crippen LogP contribution < -0.4 is 10.5 Å². The number of anilines is 1. The highest BCUT2D eigenvalue weighted by atomic mass is 16.5. The van der Waals surface area contributed by atoms with Crippen LogP contribution in [0.4, 0.5) is 5.69 Å². The van der Waals surface area contributed by atoms with E-state index in [1.807, 2.05) is 13.8 Å². The third-order valence-electron chi connectivity index (χ3n) is 3.01. The van der Waals surface area contributed by atoms with Crippen LogP contribution in [0, 0.1) is 11.3 Å². The molecular weight excluding hydrogens is 254 g/mol. The van der Waals surface area contributed by atoms with Gasteiger partial charge in [0.25, 0.3) is 0 Å². The van der Waals surface area contributed by atoms with Crippen molar-refractivity contribution in [1.29, 1.82) is 5.26 Å². The Labute approximate surface area is 120 Å². The number of nitriles is 1. The lowest BCUT2D eigenvalue weighted by Gasteiger charge is -2.27. The molecule has 0 bridgehead atoms. The predicted octanol–water partition coefficient (Wildman–Crippen LogP) is 1.63. The summed E-state index contributed by atoms with van der Waals surface area (Å²) in [5.74, 6) is 0.686. The molecule has 1 unspecified atom stereocenters. The Morgan fingerprint density at radius 2 is 2.00 bits per heavy atom. The summed E-state index contributed by atoms with van der Waals surface area (Å²) in [6.45, 7) is 5.47. The maximum Gasteiger partial charge on any atom is 0.119 e. The third kappa shape index (κ3) is 5.91. The molecule has 0 aromatic heterocycles. The Morgan fingerprint density at radius 3 is 2.55 bits per heavy atom. The zero-order valence-electron chi connectivity index (χ0n) is 12.1. The molecule has 0 aliphatic rings. The van der Waals surface area contributed by atoms with Crippen molar-refractivity contribution in [2.45, 2.75) is 32.4 Å². The summed E-state index contributed by atoms with van der Waals surface area (Å²) in [4.78, 5) is 2.07. The van der Waals surface area contributed by atoms with Crippen molar-refractivity contribution in [3.8, 4) is 11.8 Å². The summed E-state index contributed by atoms with van der Waals surface area (Å²) in [7, 11) is 0. The van der Waals surface area contributed by atoms with E-state index in [1.54, 1.807) is 24.3 Å². The van der Waals surface area contributed by atoms with Crippen molar-refractivity contribution in [2.75, 3.05) is 25.4 Å². The minimum Gasteiger partial charge on any atom is -0.491 e. The van der Waals surface area contributed by atoms with E-state index in [0.717, 1.165) is 0 Å². The highest BCUT2D eigenvalue weighted by molar-refractivity contribution is 5.41. The Balaban J connectivity index is 2.39. The molecule has 0 aliphatic heterocycles. The second kappa shape index (κ2) is 8.41. The van der Waals surface area contributed by atoms with Crippen molar-refractivity contribution >= 4 is 5.69 Å². The van der Waals surface area contributed by atoms with E-state index in [9.17, 15) is 5.11 Å². The maximum absolute atomic E-state index is 10.0. The molecule has 0 heterocycles. The van der Waals surface area contributed by atoms with Gasteiger partial charge in [-0.15, -0.1) is 0 Å². The van der Waals surface area contributed by atoms with E-state index in [-0.39, 0.29) is 12.6 Å². The first-order chi connectivity index (χ1) is 9.52. The number of aliphatic hydroxyl groups is 1. The van der Waals surface area contributed by atoms with E-state index in [2.05, 4.69) is 11.0 Å². The van der Waals surface area contributed by atoms with Gasteiger partial charge in [-0.2, -0.15) is 5.26 Å². The number of nitrogen functional groups attached to an aromatic ring is 1. The largest absolute Gasteiger partial charge is 0.491 e. The van der Waals surface area contributed by atoms with Gasteiger partial charge in [0.1, 0.15) is 18.5 Å². The number of hydrogen-bond donors (Lipinski definition) is 2. The number of nitrogens with two attached hydrogens (primary N) is 1. The van der Waals surface area contributed by atoms with Gasteiger partial charge in [0.2, 0.25) is 0 Å². The summed E-state index contributed by atoms with van der Waals surface area (Å²) in [5, 5.41) is 18.6. The molecule has 1 rings (SSSR count). The van der Waals surface area contributed by atoms with Gasteiger partial charge in [-0.3, -0.25) is 4.90 Å². The lowest BCUT2D eigenvalue weighted by molar-refractivity contribution is 0.0584. The van der Waals surface area contributed by atoms with Gasteiger partial charge in [-0.1, -0.05) is 0 Å². The lowest BCUT2D eigenvalue weighted by Crippen LogP contribution is -2.40. The Kier molecular flexibility index (Phi) is 6.85. The van der Waals surface area contributed by atoms with Gasteiger partial charge in [-0.25, -0.2) is 0 Å². The van der Waals surface area contributed by atoms with Crippen LogP contribution in [0.25, 0.3) is 0 Å². The maximum atomic E-state index is 10.0. The van der Waals surface area contributed by atoms with Crippen LogP contribution in [0.15, 0.2) is 24.3 Å². The van der Waals surface area contributed by atoms with Crippen LogP contribution in [-0.2, 0) is 0 Å². The zero-order chi connectivity index (χ0) is 15.0. The second-order valence-electron chi connectivity index (χ2n) is 5.03. The standard InChI is InChI=1S/C15H23N3O2/c1-12(2)18(9-3-8-16)10-14(19)11-20-15-6-4-13(17)5-7-15/h4-7,12,14,19H,3,9-11,17H2,1-2H3. The fraction of sp³-hybridized carbons (Fsp3) is 0.533. The van der Waals surface area contributed by atoms with Gasteiger partial charge in [0.05, 0.1) is 6.07 Å². The topological polar surface area (TPSA) is 82.5 Å². The molecule has 0 saturated carbocycles. The van der Waals surface area contributed by atoms with Crippen molar-refractivity contribution in [1.82, 2.24) is 4.90 Å². The van der Waals surface area contributed by atoms with Crippen molar-refractivity contribution < 1.29 is 9.84 Å².